The Morgan fingerprint density at radius 1 is 1.04 bits per heavy atom. The van der Waals surface area contributed by atoms with Gasteiger partial charge < -0.3 is 9.47 Å². The van der Waals surface area contributed by atoms with Crippen LogP contribution in [0.1, 0.15) is 35.2 Å². The molecule has 3 rings (SSSR count). The molecule has 1 fully saturated rings. The van der Waals surface area contributed by atoms with Gasteiger partial charge in [0.25, 0.3) is 0 Å². The van der Waals surface area contributed by atoms with Crippen molar-refractivity contribution >= 4 is 16.0 Å². The summed E-state index contributed by atoms with van der Waals surface area (Å²) in [5, 5.41) is 0. The molecule has 0 spiro atoms. The Hall–Kier alpha value is -2.38. The first-order valence-electron chi connectivity index (χ1n) is 8.91. The SMILES string of the molecule is COc1ccccc1COC(=O)c1cccc(S(=O)(=O)N2CCCCC2)c1. The predicted octanol–water partition coefficient (Wildman–Crippen LogP) is 3.23. The maximum atomic E-state index is 12.8. The number of esters is 1. The normalized spacial score (nSPS) is 15.3. The molecule has 144 valence electrons. The minimum absolute atomic E-state index is 0.0476. The van der Waals surface area contributed by atoms with Gasteiger partial charge in [0.15, 0.2) is 0 Å². The standard InChI is InChI=1S/C20H23NO5S/c1-25-19-11-4-3-8-17(19)15-26-20(22)16-9-7-10-18(14-16)27(23,24)21-12-5-2-6-13-21/h3-4,7-11,14H,2,5-6,12-13,15H2,1H3. The number of hydrogen-bond donors (Lipinski definition) is 0. The molecule has 0 unspecified atom stereocenters. The van der Waals surface area contributed by atoms with Crippen LogP contribution in [0.15, 0.2) is 53.4 Å². The number of ether oxygens (including phenoxy) is 2. The molecule has 0 aliphatic carbocycles. The zero-order valence-corrected chi connectivity index (χ0v) is 16.1. The molecule has 0 atom stereocenters. The monoisotopic (exact) mass is 389 g/mol. The van der Waals surface area contributed by atoms with Gasteiger partial charge in [-0.05, 0) is 37.1 Å². The van der Waals surface area contributed by atoms with E-state index in [9.17, 15) is 13.2 Å². The van der Waals surface area contributed by atoms with E-state index < -0.39 is 16.0 Å². The van der Waals surface area contributed by atoms with Crippen LogP contribution >= 0.6 is 0 Å². The number of carbonyl (C=O) groups excluding carboxylic acids is 1. The van der Waals surface area contributed by atoms with Crippen LogP contribution in [0.25, 0.3) is 0 Å². The van der Waals surface area contributed by atoms with Crippen molar-refractivity contribution in [3.05, 3.63) is 59.7 Å². The third-order valence-electron chi connectivity index (χ3n) is 4.57. The molecule has 0 radical (unpaired) electrons. The number of piperidine rings is 1. The molecular formula is C20H23NO5S. The van der Waals surface area contributed by atoms with Crippen LogP contribution < -0.4 is 4.74 Å². The number of carbonyl (C=O) groups is 1. The summed E-state index contributed by atoms with van der Waals surface area (Å²) >= 11 is 0. The van der Waals surface area contributed by atoms with Gasteiger partial charge in [-0.1, -0.05) is 30.7 Å². The topological polar surface area (TPSA) is 72.9 Å². The molecule has 0 N–H and O–H groups in total. The summed E-state index contributed by atoms with van der Waals surface area (Å²) in [5.41, 5.74) is 0.952. The highest BCUT2D eigenvalue weighted by molar-refractivity contribution is 7.89. The molecule has 6 nitrogen and oxygen atoms in total. The second kappa shape index (κ2) is 8.54. The minimum atomic E-state index is -3.59. The summed E-state index contributed by atoms with van der Waals surface area (Å²) in [6.45, 7) is 1.08. The van der Waals surface area contributed by atoms with Crippen molar-refractivity contribution in [3.8, 4) is 5.75 Å². The van der Waals surface area contributed by atoms with Gasteiger partial charge in [0, 0.05) is 18.7 Å². The van der Waals surface area contributed by atoms with E-state index >= 15 is 0 Å². The molecule has 2 aromatic carbocycles. The van der Waals surface area contributed by atoms with Gasteiger partial charge in [-0.15, -0.1) is 0 Å². The molecule has 0 aromatic heterocycles. The van der Waals surface area contributed by atoms with Crippen molar-refractivity contribution in [1.29, 1.82) is 0 Å². The molecule has 0 amide bonds. The maximum Gasteiger partial charge on any atom is 0.338 e. The van der Waals surface area contributed by atoms with E-state index in [1.54, 1.807) is 25.3 Å². The quantitative estimate of drug-likeness (QED) is 0.709. The maximum absolute atomic E-state index is 12.8. The number of para-hydroxylation sites is 1. The van der Waals surface area contributed by atoms with Gasteiger partial charge in [0.05, 0.1) is 17.6 Å². The average molecular weight is 389 g/mol. The summed E-state index contributed by atoms with van der Waals surface area (Å²) in [7, 11) is -2.04. The Balaban J connectivity index is 1.73. The lowest BCUT2D eigenvalue weighted by molar-refractivity contribution is 0.0470. The molecule has 0 bridgehead atoms. The molecule has 1 heterocycles. The Labute approximate surface area is 159 Å². The Morgan fingerprint density at radius 3 is 2.52 bits per heavy atom. The summed E-state index contributed by atoms with van der Waals surface area (Å²) in [5.74, 6) is 0.0586. The lowest BCUT2D eigenvalue weighted by Crippen LogP contribution is -2.35. The number of hydrogen-bond acceptors (Lipinski definition) is 5. The summed E-state index contributed by atoms with van der Waals surface area (Å²) in [6.07, 6.45) is 2.76. The van der Waals surface area contributed by atoms with Crippen molar-refractivity contribution in [2.24, 2.45) is 0 Å². The second-order valence-electron chi connectivity index (χ2n) is 6.38. The summed E-state index contributed by atoms with van der Waals surface area (Å²) in [6, 6.07) is 13.3. The van der Waals surface area contributed by atoms with Crippen LogP contribution in [0.2, 0.25) is 0 Å². The Morgan fingerprint density at radius 2 is 1.78 bits per heavy atom. The fourth-order valence-electron chi connectivity index (χ4n) is 3.09. The highest BCUT2D eigenvalue weighted by atomic mass is 32.2. The van der Waals surface area contributed by atoms with Crippen molar-refractivity contribution in [2.75, 3.05) is 20.2 Å². The lowest BCUT2D eigenvalue weighted by atomic mass is 10.2. The second-order valence-corrected chi connectivity index (χ2v) is 8.32. The van der Waals surface area contributed by atoms with Gasteiger partial charge in [-0.2, -0.15) is 4.31 Å². The molecule has 27 heavy (non-hydrogen) atoms. The van der Waals surface area contributed by atoms with Crippen molar-refractivity contribution < 1.29 is 22.7 Å². The van der Waals surface area contributed by atoms with E-state index in [4.69, 9.17) is 9.47 Å². The minimum Gasteiger partial charge on any atom is -0.496 e. The van der Waals surface area contributed by atoms with Gasteiger partial charge >= 0.3 is 5.97 Å². The average Bonchev–Trinajstić information content (AvgIpc) is 2.73. The van der Waals surface area contributed by atoms with Crippen molar-refractivity contribution in [2.45, 2.75) is 30.8 Å². The number of rotatable bonds is 6. The molecular weight excluding hydrogens is 366 g/mol. The van der Waals surface area contributed by atoms with E-state index in [0.29, 0.717) is 18.8 Å². The Bertz CT molecular complexity index is 904. The van der Waals surface area contributed by atoms with E-state index in [1.807, 2.05) is 18.2 Å². The fourth-order valence-corrected chi connectivity index (χ4v) is 4.65. The molecule has 1 aliphatic rings. The van der Waals surface area contributed by atoms with E-state index in [0.717, 1.165) is 24.8 Å². The van der Waals surface area contributed by atoms with Crippen LogP contribution in [0.4, 0.5) is 0 Å². The Kier molecular flexibility index (Phi) is 6.13. The summed E-state index contributed by atoms with van der Waals surface area (Å²) < 4.78 is 37.6. The lowest BCUT2D eigenvalue weighted by Gasteiger charge is -2.25. The summed E-state index contributed by atoms with van der Waals surface area (Å²) in [4.78, 5) is 12.5. The van der Waals surface area contributed by atoms with Crippen molar-refractivity contribution in [1.82, 2.24) is 4.31 Å². The van der Waals surface area contributed by atoms with Crippen LogP contribution in [-0.2, 0) is 21.4 Å². The molecule has 1 aliphatic heterocycles. The molecule has 2 aromatic rings. The largest absolute Gasteiger partial charge is 0.496 e. The zero-order valence-electron chi connectivity index (χ0n) is 15.3. The number of nitrogens with zero attached hydrogens (tertiary/aromatic N) is 1. The van der Waals surface area contributed by atoms with Crippen LogP contribution in [0.5, 0.6) is 5.75 Å². The van der Waals surface area contributed by atoms with E-state index in [1.165, 1.54) is 16.4 Å². The van der Waals surface area contributed by atoms with Crippen LogP contribution in [0, 0.1) is 0 Å². The van der Waals surface area contributed by atoms with Gasteiger partial charge in [-0.25, -0.2) is 13.2 Å². The predicted molar refractivity (Wildman–Crippen MR) is 101 cm³/mol. The molecule has 1 saturated heterocycles. The number of sulfonamides is 1. The van der Waals surface area contributed by atoms with Crippen molar-refractivity contribution in [3.63, 3.8) is 0 Å². The third kappa shape index (κ3) is 4.48. The first-order valence-corrected chi connectivity index (χ1v) is 10.4. The highest BCUT2D eigenvalue weighted by Gasteiger charge is 2.26. The van der Waals surface area contributed by atoms with E-state index in [-0.39, 0.29) is 17.1 Å². The smallest absolute Gasteiger partial charge is 0.338 e. The first-order chi connectivity index (χ1) is 13.0. The molecule has 0 saturated carbocycles. The van der Waals surface area contributed by atoms with E-state index in [2.05, 4.69) is 0 Å². The van der Waals surface area contributed by atoms with Gasteiger partial charge in [0.1, 0.15) is 12.4 Å². The number of methoxy groups -OCH3 is 1. The van der Waals surface area contributed by atoms with Crippen LogP contribution in [-0.4, -0.2) is 38.9 Å². The van der Waals surface area contributed by atoms with Gasteiger partial charge in [0.2, 0.25) is 10.0 Å². The first kappa shape index (κ1) is 19.4. The van der Waals surface area contributed by atoms with Crippen LogP contribution in [0.3, 0.4) is 0 Å². The number of benzene rings is 2. The highest BCUT2D eigenvalue weighted by Crippen LogP contribution is 2.22. The molecule has 7 heteroatoms. The van der Waals surface area contributed by atoms with Gasteiger partial charge in [-0.3, -0.25) is 0 Å². The fraction of sp³-hybridized carbons (Fsp3) is 0.350. The third-order valence-corrected chi connectivity index (χ3v) is 6.47. The zero-order chi connectivity index (χ0) is 19.3.